The van der Waals surface area contributed by atoms with E-state index in [-0.39, 0.29) is 12.1 Å². The first-order chi connectivity index (χ1) is 8.96. The van der Waals surface area contributed by atoms with Gasteiger partial charge in [0.05, 0.1) is 12.1 Å². The number of hydrogen-bond acceptors (Lipinski definition) is 5. The molecule has 0 aromatic carbocycles. The molecule has 1 fully saturated rings. The van der Waals surface area contributed by atoms with Crippen LogP contribution < -0.4 is 5.73 Å². The van der Waals surface area contributed by atoms with Crippen molar-refractivity contribution >= 4 is 21.4 Å². The third-order valence-corrected chi connectivity index (χ3v) is 6.96. The second-order valence-corrected chi connectivity index (χ2v) is 8.11. The van der Waals surface area contributed by atoms with E-state index in [1.165, 1.54) is 15.6 Å². The summed E-state index contributed by atoms with van der Waals surface area (Å²) >= 11 is 1.30. The van der Waals surface area contributed by atoms with Crippen LogP contribution in [0.3, 0.4) is 0 Å². The van der Waals surface area contributed by atoms with Crippen molar-refractivity contribution in [2.45, 2.75) is 36.1 Å². The largest absolute Gasteiger partial charge is 0.377 e. The fourth-order valence-corrected chi connectivity index (χ4v) is 5.29. The Morgan fingerprint density at radius 1 is 1.53 bits per heavy atom. The highest BCUT2D eigenvalue weighted by atomic mass is 32.2. The van der Waals surface area contributed by atoms with Crippen molar-refractivity contribution in [3.63, 3.8) is 0 Å². The molecule has 2 N–H and O–H groups in total. The number of nitrogens with zero attached hydrogens (tertiary/aromatic N) is 1. The van der Waals surface area contributed by atoms with E-state index in [4.69, 9.17) is 10.5 Å². The van der Waals surface area contributed by atoms with E-state index >= 15 is 0 Å². The molecule has 2 heterocycles. The topological polar surface area (TPSA) is 72.6 Å². The van der Waals surface area contributed by atoms with E-state index in [9.17, 15) is 8.42 Å². The predicted molar refractivity (Wildman–Crippen MR) is 75.8 cm³/mol. The highest BCUT2D eigenvalue weighted by Gasteiger charge is 2.35. The smallest absolute Gasteiger partial charge is 0.252 e. The number of thiophene rings is 1. The minimum Gasteiger partial charge on any atom is -0.377 e. The molecule has 0 radical (unpaired) electrons. The third-order valence-electron chi connectivity index (χ3n) is 3.46. The summed E-state index contributed by atoms with van der Waals surface area (Å²) in [5, 5.41) is 0. The van der Waals surface area contributed by atoms with Crippen LogP contribution in [-0.4, -0.2) is 45.1 Å². The van der Waals surface area contributed by atoms with Gasteiger partial charge in [-0.15, -0.1) is 11.3 Å². The van der Waals surface area contributed by atoms with Gasteiger partial charge in [0.15, 0.2) is 0 Å². The van der Waals surface area contributed by atoms with E-state index in [0.29, 0.717) is 23.8 Å². The van der Waals surface area contributed by atoms with Crippen molar-refractivity contribution in [1.82, 2.24) is 4.31 Å². The van der Waals surface area contributed by atoms with Gasteiger partial charge in [0, 0.05) is 18.5 Å². The summed E-state index contributed by atoms with van der Waals surface area (Å²) in [7, 11) is -1.79. The Labute approximate surface area is 118 Å². The molecule has 2 unspecified atom stereocenters. The lowest BCUT2D eigenvalue weighted by Gasteiger charge is -2.25. The molecule has 7 heteroatoms. The Kier molecular flexibility index (Phi) is 4.62. The van der Waals surface area contributed by atoms with Crippen molar-refractivity contribution in [1.29, 1.82) is 0 Å². The van der Waals surface area contributed by atoms with Crippen LogP contribution >= 0.6 is 11.3 Å². The van der Waals surface area contributed by atoms with Gasteiger partial charge < -0.3 is 10.5 Å². The van der Waals surface area contributed by atoms with Gasteiger partial charge in [-0.25, -0.2) is 8.42 Å². The summed E-state index contributed by atoms with van der Waals surface area (Å²) in [6.45, 7) is 3.07. The molecule has 1 saturated heterocycles. The second-order valence-electron chi connectivity index (χ2n) is 4.71. The van der Waals surface area contributed by atoms with E-state index in [1.807, 2.05) is 13.0 Å². The molecule has 108 valence electrons. The van der Waals surface area contributed by atoms with Gasteiger partial charge in [-0.2, -0.15) is 4.31 Å². The molecule has 2 rings (SSSR count). The molecule has 1 aliphatic heterocycles. The monoisotopic (exact) mass is 304 g/mol. The first kappa shape index (κ1) is 14.9. The maximum atomic E-state index is 12.5. The molecule has 1 aliphatic rings. The van der Waals surface area contributed by atoms with Gasteiger partial charge in [0.2, 0.25) is 0 Å². The number of sulfonamides is 1. The number of likely N-dealkylation sites (N-methyl/N-ethyl adjacent to an activating group) is 1. The van der Waals surface area contributed by atoms with E-state index in [2.05, 4.69) is 0 Å². The van der Waals surface area contributed by atoms with E-state index < -0.39 is 10.0 Å². The maximum absolute atomic E-state index is 12.5. The van der Waals surface area contributed by atoms with Crippen molar-refractivity contribution in [2.75, 3.05) is 20.2 Å². The number of rotatable bonds is 5. The second kappa shape index (κ2) is 5.88. The standard InChI is InChI=1S/C12H20N2O3S2/c1-9-11(6-8-17-9)14(2)19(15,16)12-4-3-10(18-12)5-7-13/h3-4,9,11H,5-8,13H2,1-2H3. The lowest BCUT2D eigenvalue weighted by Crippen LogP contribution is -2.40. The summed E-state index contributed by atoms with van der Waals surface area (Å²) in [5.41, 5.74) is 5.49. The molecular weight excluding hydrogens is 284 g/mol. The Morgan fingerprint density at radius 3 is 2.84 bits per heavy atom. The van der Waals surface area contributed by atoms with Gasteiger partial charge in [-0.1, -0.05) is 0 Å². The van der Waals surface area contributed by atoms with Gasteiger partial charge in [0.1, 0.15) is 4.21 Å². The summed E-state index contributed by atoms with van der Waals surface area (Å²) in [4.78, 5) is 1.00. The van der Waals surface area contributed by atoms with Crippen LogP contribution in [0.15, 0.2) is 16.3 Å². The third kappa shape index (κ3) is 3.00. The van der Waals surface area contributed by atoms with E-state index in [0.717, 1.165) is 11.3 Å². The van der Waals surface area contributed by atoms with Crippen LogP contribution in [-0.2, 0) is 21.2 Å². The zero-order valence-electron chi connectivity index (χ0n) is 11.2. The molecule has 2 atom stereocenters. The molecule has 1 aromatic heterocycles. The molecule has 0 aliphatic carbocycles. The first-order valence-corrected chi connectivity index (χ1v) is 8.61. The molecular formula is C12H20N2O3S2. The SMILES string of the molecule is CC1OCCC1N(C)S(=O)(=O)c1ccc(CCN)s1. The highest BCUT2D eigenvalue weighted by Crippen LogP contribution is 2.29. The average molecular weight is 304 g/mol. The maximum Gasteiger partial charge on any atom is 0.252 e. The lowest BCUT2D eigenvalue weighted by molar-refractivity contribution is 0.102. The van der Waals surface area contributed by atoms with Crippen molar-refractivity contribution in [3.8, 4) is 0 Å². The van der Waals surface area contributed by atoms with Crippen molar-refractivity contribution in [3.05, 3.63) is 17.0 Å². The average Bonchev–Trinajstić information content (AvgIpc) is 2.98. The molecule has 0 saturated carbocycles. The zero-order valence-corrected chi connectivity index (χ0v) is 12.8. The summed E-state index contributed by atoms with van der Waals surface area (Å²) in [6.07, 6.45) is 1.41. The molecule has 0 bridgehead atoms. The predicted octanol–water partition coefficient (Wildman–Crippen LogP) is 1.05. The van der Waals surface area contributed by atoms with Crippen LogP contribution in [0.1, 0.15) is 18.2 Å². The summed E-state index contributed by atoms with van der Waals surface area (Å²) < 4.78 is 32.3. The highest BCUT2D eigenvalue weighted by molar-refractivity contribution is 7.91. The summed E-state index contributed by atoms with van der Waals surface area (Å²) in [5.74, 6) is 0. The van der Waals surface area contributed by atoms with Gasteiger partial charge >= 0.3 is 0 Å². The molecule has 19 heavy (non-hydrogen) atoms. The fourth-order valence-electron chi connectivity index (χ4n) is 2.29. The number of ether oxygens (including phenoxy) is 1. The first-order valence-electron chi connectivity index (χ1n) is 6.35. The minimum absolute atomic E-state index is 0.0525. The Hall–Kier alpha value is -0.470. The number of hydrogen-bond donors (Lipinski definition) is 1. The van der Waals surface area contributed by atoms with Crippen LogP contribution in [0.5, 0.6) is 0 Å². The minimum atomic E-state index is -3.42. The van der Waals surface area contributed by atoms with Gasteiger partial charge in [-0.05, 0) is 38.4 Å². The van der Waals surface area contributed by atoms with Crippen molar-refractivity contribution < 1.29 is 13.2 Å². The molecule has 1 aromatic rings. The zero-order chi connectivity index (χ0) is 14.0. The quantitative estimate of drug-likeness (QED) is 0.882. The van der Waals surface area contributed by atoms with Crippen LogP contribution in [0, 0.1) is 0 Å². The van der Waals surface area contributed by atoms with E-state index in [1.54, 1.807) is 13.1 Å². The molecule has 0 spiro atoms. The van der Waals surface area contributed by atoms with Gasteiger partial charge in [-0.3, -0.25) is 0 Å². The molecule has 0 amide bonds. The lowest BCUT2D eigenvalue weighted by atomic mass is 10.2. The van der Waals surface area contributed by atoms with Gasteiger partial charge in [0.25, 0.3) is 10.0 Å². The van der Waals surface area contributed by atoms with Crippen LogP contribution in [0.4, 0.5) is 0 Å². The normalized spacial score (nSPS) is 24.2. The van der Waals surface area contributed by atoms with Crippen molar-refractivity contribution in [2.24, 2.45) is 5.73 Å². The molecule has 5 nitrogen and oxygen atoms in total. The Balaban J connectivity index is 2.20. The fraction of sp³-hybridized carbons (Fsp3) is 0.667. The van der Waals surface area contributed by atoms with Crippen LogP contribution in [0.2, 0.25) is 0 Å². The Bertz CT molecular complexity index is 527. The van der Waals surface area contributed by atoms with Crippen LogP contribution in [0.25, 0.3) is 0 Å². The Morgan fingerprint density at radius 2 is 2.26 bits per heavy atom. The summed E-state index contributed by atoms with van der Waals surface area (Å²) in [6, 6.07) is 3.43. The number of nitrogens with two attached hydrogens (primary N) is 1.